The summed E-state index contributed by atoms with van der Waals surface area (Å²) < 4.78 is 1.97. The van der Waals surface area contributed by atoms with Crippen LogP contribution in [0.1, 0.15) is 0 Å². The minimum Gasteiger partial charge on any atom is -0.399 e. The highest BCUT2D eigenvalue weighted by Gasteiger charge is 2.04. The monoisotopic (exact) mass is 210 g/mol. The molecule has 78 valence electrons. The Balaban J connectivity index is 2.29. The lowest BCUT2D eigenvalue weighted by molar-refractivity contribution is 1.07. The average molecular weight is 210 g/mol. The second-order valence-corrected chi connectivity index (χ2v) is 3.57. The molecule has 0 unspecified atom stereocenters. The smallest absolute Gasteiger partial charge is 0.100 e. The van der Waals surface area contributed by atoms with Gasteiger partial charge in [0.05, 0.1) is 22.9 Å². The topological polar surface area (TPSA) is 56.7 Å². The lowest BCUT2D eigenvalue weighted by Gasteiger charge is -2.03. The minimum atomic E-state index is 0.734. The van der Waals surface area contributed by atoms with Crippen LogP contribution in [0, 0.1) is 0 Å². The molecule has 0 radical (unpaired) electrons. The van der Waals surface area contributed by atoms with Gasteiger partial charge in [-0.3, -0.25) is 9.55 Å². The molecular weight excluding hydrogens is 200 g/mol. The van der Waals surface area contributed by atoms with E-state index in [1.165, 1.54) is 0 Å². The number of pyridine rings is 1. The molecule has 0 aliphatic rings. The van der Waals surface area contributed by atoms with Crippen molar-refractivity contribution < 1.29 is 0 Å². The molecule has 0 bridgehead atoms. The molecule has 0 saturated carbocycles. The quantitative estimate of drug-likeness (QED) is 0.625. The number of rotatable bonds is 1. The van der Waals surface area contributed by atoms with Gasteiger partial charge >= 0.3 is 0 Å². The predicted molar refractivity (Wildman–Crippen MR) is 63.3 cm³/mol. The summed E-state index contributed by atoms with van der Waals surface area (Å²) in [4.78, 5) is 8.41. The molecular formula is C12H10N4. The van der Waals surface area contributed by atoms with Crippen molar-refractivity contribution in [2.75, 3.05) is 5.73 Å². The van der Waals surface area contributed by atoms with Gasteiger partial charge < -0.3 is 5.73 Å². The maximum absolute atomic E-state index is 5.77. The van der Waals surface area contributed by atoms with Crippen molar-refractivity contribution in [2.45, 2.75) is 0 Å². The summed E-state index contributed by atoms with van der Waals surface area (Å²) in [5.74, 6) is 0. The number of fused-ring (bicyclic) bond motifs is 1. The van der Waals surface area contributed by atoms with Gasteiger partial charge in [-0.2, -0.15) is 0 Å². The number of hydrogen-bond donors (Lipinski definition) is 1. The van der Waals surface area contributed by atoms with Crippen molar-refractivity contribution >= 4 is 16.7 Å². The van der Waals surface area contributed by atoms with Crippen molar-refractivity contribution in [1.29, 1.82) is 0 Å². The zero-order valence-electron chi connectivity index (χ0n) is 8.54. The van der Waals surface area contributed by atoms with E-state index < -0.39 is 0 Å². The lowest BCUT2D eigenvalue weighted by atomic mass is 10.2. The molecule has 0 spiro atoms. The first-order chi connectivity index (χ1) is 7.84. The number of aromatic nitrogens is 3. The Morgan fingerprint density at radius 3 is 2.94 bits per heavy atom. The second-order valence-electron chi connectivity index (χ2n) is 3.57. The van der Waals surface area contributed by atoms with Crippen molar-refractivity contribution in [1.82, 2.24) is 14.5 Å². The third-order valence-electron chi connectivity index (χ3n) is 2.50. The van der Waals surface area contributed by atoms with Gasteiger partial charge in [-0.1, -0.05) is 0 Å². The van der Waals surface area contributed by atoms with Gasteiger partial charge in [0.15, 0.2) is 0 Å². The van der Waals surface area contributed by atoms with E-state index in [2.05, 4.69) is 9.97 Å². The number of benzene rings is 1. The Hall–Kier alpha value is -2.36. The molecule has 1 aromatic carbocycles. The van der Waals surface area contributed by atoms with Crippen molar-refractivity contribution in [2.24, 2.45) is 0 Å². The fourth-order valence-electron chi connectivity index (χ4n) is 1.73. The first-order valence-corrected chi connectivity index (χ1v) is 4.97. The summed E-state index contributed by atoms with van der Waals surface area (Å²) in [5.41, 5.74) is 9.41. The summed E-state index contributed by atoms with van der Waals surface area (Å²) >= 11 is 0. The molecule has 0 aliphatic heterocycles. The van der Waals surface area contributed by atoms with Crippen molar-refractivity contribution in [3.8, 4) is 5.69 Å². The van der Waals surface area contributed by atoms with Crippen LogP contribution >= 0.6 is 0 Å². The highest BCUT2D eigenvalue weighted by molar-refractivity contribution is 5.80. The number of anilines is 1. The molecule has 2 heterocycles. The molecule has 2 aromatic heterocycles. The number of nitrogens with zero attached hydrogens (tertiary/aromatic N) is 3. The molecule has 3 rings (SSSR count). The van der Waals surface area contributed by atoms with Crippen LogP contribution in [0.3, 0.4) is 0 Å². The average Bonchev–Trinajstić information content (AvgIpc) is 2.73. The Morgan fingerprint density at radius 1 is 1.19 bits per heavy atom. The van der Waals surface area contributed by atoms with Gasteiger partial charge in [-0.05, 0) is 30.3 Å². The number of hydrogen-bond acceptors (Lipinski definition) is 3. The highest BCUT2D eigenvalue weighted by Crippen LogP contribution is 2.19. The Morgan fingerprint density at radius 2 is 2.12 bits per heavy atom. The van der Waals surface area contributed by atoms with Gasteiger partial charge in [0.25, 0.3) is 0 Å². The van der Waals surface area contributed by atoms with Crippen LogP contribution in [0.25, 0.3) is 16.7 Å². The van der Waals surface area contributed by atoms with Crippen LogP contribution in [0.2, 0.25) is 0 Å². The standard InChI is InChI=1S/C12H10N4/c13-9-3-4-11-12(6-9)16(8-15-11)10-2-1-5-14-7-10/h1-8H,13H2. The molecule has 0 aliphatic carbocycles. The van der Waals surface area contributed by atoms with E-state index in [4.69, 9.17) is 5.73 Å². The van der Waals surface area contributed by atoms with Gasteiger partial charge in [-0.25, -0.2) is 4.98 Å². The third kappa shape index (κ3) is 1.32. The molecule has 4 heteroatoms. The predicted octanol–water partition coefficient (Wildman–Crippen LogP) is 2.00. The van der Waals surface area contributed by atoms with Crippen molar-refractivity contribution in [3.63, 3.8) is 0 Å². The number of nitrogens with two attached hydrogens (primary N) is 1. The van der Waals surface area contributed by atoms with Crippen LogP contribution in [-0.4, -0.2) is 14.5 Å². The zero-order valence-corrected chi connectivity index (χ0v) is 8.54. The van der Waals surface area contributed by atoms with Gasteiger partial charge in [0.2, 0.25) is 0 Å². The van der Waals surface area contributed by atoms with Crippen LogP contribution in [0.15, 0.2) is 49.1 Å². The highest BCUT2D eigenvalue weighted by atomic mass is 15.1. The molecule has 4 nitrogen and oxygen atoms in total. The fraction of sp³-hybridized carbons (Fsp3) is 0. The Bertz CT molecular complexity index is 628. The molecule has 16 heavy (non-hydrogen) atoms. The maximum atomic E-state index is 5.77. The maximum Gasteiger partial charge on any atom is 0.100 e. The Kier molecular flexibility index (Phi) is 1.86. The van der Waals surface area contributed by atoms with E-state index in [9.17, 15) is 0 Å². The molecule has 2 N–H and O–H groups in total. The first kappa shape index (κ1) is 8.91. The third-order valence-corrected chi connectivity index (χ3v) is 2.50. The van der Waals surface area contributed by atoms with Gasteiger partial charge in [-0.15, -0.1) is 0 Å². The Labute approximate surface area is 92.4 Å². The number of imidazole rings is 1. The van der Waals surface area contributed by atoms with Gasteiger partial charge in [0.1, 0.15) is 6.33 Å². The van der Waals surface area contributed by atoms with Crippen LogP contribution in [0.4, 0.5) is 5.69 Å². The summed E-state index contributed by atoms with van der Waals surface area (Å²) in [6.07, 6.45) is 5.32. The molecule has 0 atom stereocenters. The minimum absolute atomic E-state index is 0.734. The second kappa shape index (κ2) is 3.34. The van der Waals surface area contributed by atoms with Crippen molar-refractivity contribution in [3.05, 3.63) is 49.1 Å². The SMILES string of the molecule is Nc1ccc2ncn(-c3cccnc3)c2c1. The van der Waals surface area contributed by atoms with E-state index in [-0.39, 0.29) is 0 Å². The van der Waals surface area contributed by atoms with E-state index in [1.807, 2.05) is 34.9 Å². The van der Waals surface area contributed by atoms with E-state index in [0.717, 1.165) is 22.4 Å². The molecule has 3 aromatic rings. The van der Waals surface area contributed by atoms with Gasteiger partial charge in [0, 0.05) is 11.9 Å². The van der Waals surface area contributed by atoms with E-state index in [1.54, 1.807) is 18.7 Å². The largest absolute Gasteiger partial charge is 0.399 e. The first-order valence-electron chi connectivity index (χ1n) is 4.97. The van der Waals surface area contributed by atoms with Crippen LogP contribution < -0.4 is 5.73 Å². The fourth-order valence-corrected chi connectivity index (χ4v) is 1.73. The summed E-state index contributed by atoms with van der Waals surface area (Å²) in [6.45, 7) is 0. The molecule has 0 amide bonds. The molecule has 0 saturated heterocycles. The summed E-state index contributed by atoms with van der Waals surface area (Å²) in [7, 11) is 0. The molecule has 0 fully saturated rings. The summed E-state index contributed by atoms with van der Waals surface area (Å²) in [5, 5.41) is 0. The normalized spacial score (nSPS) is 10.8. The van der Waals surface area contributed by atoms with E-state index in [0.29, 0.717) is 0 Å². The lowest BCUT2D eigenvalue weighted by Crippen LogP contribution is -1.93. The van der Waals surface area contributed by atoms with Crippen LogP contribution in [0.5, 0.6) is 0 Å². The van der Waals surface area contributed by atoms with Crippen LogP contribution in [-0.2, 0) is 0 Å². The summed E-state index contributed by atoms with van der Waals surface area (Å²) in [6, 6.07) is 9.56. The van der Waals surface area contributed by atoms with E-state index >= 15 is 0 Å². The number of nitrogen functional groups attached to an aromatic ring is 1. The zero-order chi connectivity index (χ0) is 11.0.